The van der Waals surface area contributed by atoms with Crippen molar-refractivity contribution in [1.82, 2.24) is 0 Å². The van der Waals surface area contributed by atoms with Crippen LogP contribution in [0.15, 0.2) is 121 Å². The van der Waals surface area contributed by atoms with Gasteiger partial charge in [0.1, 0.15) is 15.2 Å². The van der Waals surface area contributed by atoms with Crippen molar-refractivity contribution in [2.24, 2.45) is 0 Å². The summed E-state index contributed by atoms with van der Waals surface area (Å²) in [5, 5.41) is 5.93. The van der Waals surface area contributed by atoms with Gasteiger partial charge in [-0.2, -0.15) is 0 Å². The molecule has 0 aliphatic rings. The molecule has 0 aromatic heterocycles. The van der Waals surface area contributed by atoms with Crippen LogP contribution in [0.5, 0.6) is 0 Å². The SMILES string of the molecule is C[Si](C)(O[Si](C)(C)[Si](C)(c1ccccc1)c1ccccc1)[Si](C)(c1ccccc1)c1ccccc1. The second kappa shape index (κ2) is 9.99. The lowest BCUT2D eigenvalue weighted by atomic mass is 10.4. The molecule has 0 aliphatic carbocycles. The van der Waals surface area contributed by atoms with Gasteiger partial charge in [-0.25, -0.2) is 0 Å². The molecule has 0 amide bonds. The maximum absolute atomic E-state index is 7.77. The first kappa shape index (κ1) is 25.8. The fraction of sp³-hybridized carbons (Fsp3) is 0.200. The maximum atomic E-state index is 7.77. The van der Waals surface area contributed by atoms with Crippen LogP contribution in [0.3, 0.4) is 0 Å². The largest absolute Gasteiger partial charge is 0.459 e. The molecule has 1 nitrogen and oxygen atoms in total. The third kappa shape index (κ3) is 4.63. The molecule has 0 unspecified atom stereocenters. The molecule has 5 heteroatoms. The van der Waals surface area contributed by atoms with E-state index in [-0.39, 0.29) is 0 Å². The monoisotopic (exact) mass is 526 g/mol. The van der Waals surface area contributed by atoms with Crippen LogP contribution in [0.25, 0.3) is 0 Å². The summed E-state index contributed by atoms with van der Waals surface area (Å²) in [4.78, 5) is 0. The summed E-state index contributed by atoms with van der Waals surface area (Å²) in [6.45, 7) is 15.1. The van der Waals surface area contributed by atoms with Gasteiger partial charge in [0.05, 0.1) is 0 Å². The summed E-state index contributed by atoms with van der Waals surface area (Å²) in [6.07, 6.45) is 0. The quantitative estimate of drug-likeness (QED) is 0.281. The van der Waals surface area contributed by atoms with E-state index in [4.69, 9.17) is 4.12 Å². The van der Waals surface area contributed by atoms with Crippen LogP contribution >= 0.6 is 0 Å². The highest BCUT2D eigenvalue weighted by Gasteiger charge is 2.57. The predicted molar refractivity (Wildman–Crippen MR) is 164 cm³/mol. The van der Waals surface area contributed by atoms with Gasteiger partial charge in [-0.3, -0.25) is 0 Å². The summed E-state index contributed by atoms with van der Waals surface area (Å²) >= 11 is 0. The normalized spacial score (nSPS) is 13.0. The van der Waals surface area contributed by atoms with Crippen LogP contribution in [0.2, 0.25) is 39.3 Å². The molecule has 35 heavy (non-hydrogen) atoms. The third-order valence-electron chi connectivity index (χ3n) is 8.32. The third-order valence-corrected chi connectivity index (χ3v) is 42.9. The number of hydrogen-bond acceptors (Lipinski definition) is 1. The molecule has 4 rings (SSSR count). The van der Waals surface area contributed by atoms with E-state index in [1.165, 1.54) is 20.7 Å². The molecular weight excluding hydrogens is 489 g/mol. The van der Waals surface area contributed by atoms with E-state index < -0.39 is 30.9 Å². The summed E-state index contributed by atoms with van der Waals surface area (Å²) in [6, 6.07) is 44.9. The minimum absolute atomic E-state index is 1.48. The second-order valence-corrected chi connectivity index (χ2v) is 37.7. The highest BCUT2D eigenvalue weighted by molar-refractivity contribution is 7.55. The molecule has 4 aromatic rings. The zero-order valence-corrected chi connectivity index (χ0v) is 26.0. The van der Waals surface area contributed by atoms with Crippen molar-refractivity contribution in [1.29, 1.82) is 0 Å². The van der Waals surface area contributed by atoms with E-state index in [1.807, 2.05) is 0 Å². The molecule has 0 spiro atoms. The Labute approximate surface area is 215 Å². The number of hydrogen-bond donors (Lipinski definition) is 0. The van der Waals surface area contributed by atoms with E-state index in [0.717, 1.165) is 0 Å². The highest BCUT2D eigenvalue weighted by Crippen LogP contribution is 2.30. The molecule has 0 saturated heterocycles. The van der Waals surface area contributed by atoms with E-state index in [9.17, 15) is 0 Å². The number of benzene rings is 4. The molecule has 0 N–H and O–H groups in total. The molecule has 0 bridgehead atoms. The Morgan fingerprint density at radius 2 is 0.543 bits per heavy atom. The van der Waals surface area contributed by atoms with Crippen molar-refractivity contribution in [3.05, 3.63) is 121 Å². The van der Waals surface area contributed by atoms with E-state index in [1.54, 1.807) is 0 Å². The Kier molecular flexibility index (Phi) is 7.36. The predicted octanol–water partition coefficient (Wildman–Crippen LogP) is 5.36. The number of rotatable bonds is 8. The van der Waals surface area contributed by atoms with Crippen molar-refractivity contribution in [3.8, 4) is 0 Å². The lowest BCUT2D eigenvalue weighted by molar-refractivity contribution is 0.583. The molecule has 180 valence electrons. The summed E-state index contributed by atoms with van der Waals surface area (Å²) in [7, 11) is -8.72. The van der Waals surface area contributed by atoms with Gasteiger partial charge in [0.15, 0.2) is 15.7 Å². The lowest BCUT2D eigenvalue weighted by Crippen LogP contribution is -2.81. The zero-order chi connectivity index (χ0) is 25.2. The first-order valence-electron chi connectivity index (χ1n) is 12.6. The van der Waals surface area contributed by atoms with Crippen LogP contribution in [-0.2, 0) is 4.12 Å². The lowest BCUT2D eigenvalue weighted by Gasteiger charge is -2.50. The van der Waals surface area contributed by atoms with Gasteiger partial charge in [-0.1, -0.05) is 155 Å². The minimum Gasteiger partial charge on any atom is -0.459 e. The Balaban J connectivity index is 1.87. The van der Waals surface area contributed by atoms with Crippen molar-refractivity contribution in [2.45, 2.75) is 39.3 Å². The van der Waals surface area contributed by atoms with Crippen molar-refractivity contribution >= 4 is 51.6 Å². The Morgan fingerprint density at radius 1 is 0.343 bits per heavy atom. The van der Waals surface area contributed by atoms with Crippen LogP contribution in [0.1, 0.15) is 0 Å². The van der Waals surface area contributed by atoms with Crippen LogP contribution in [-0.4, -0.2) is 30.9 Å². The van der Waals surface area contributed by atoms with E-state index in [0.29, 0.717) is 0 Å². The van der Waals surface area contributed by atoms with Crippen LogP contribution in [0, 0.1) is 0 Å². The van der Waals surface area contributed by atoms with Crippen molar-refractivity contribution in [3.63, 3.8) is 0 Å². The van der Waals surface area contributed by atoms with Crippen LogP contribution in [0.4, 0.5) is 0 Å². The Bertz CT molecular complexity index is 1050. The fourth-order valence-corrected chi connectivity index (χ4v) is 38.8. The second-order valence-electron chi connectivity index (χ2n) is 10.8. The van der Waals surface area contributed by atoms with Gasteiger partial charge in [-0.15, -0.1) is 0 Å². The molecule has 0 saturated carbocycles. The standard InChI is InChI=1S/C30H38OSi4/c1-32(2,34(5,27-19-11-7-12-20-27)28-21-13-8-14-22-28)31-33(3,4)35(6,29-23-15-9-16-24-29)30-25-17-10-18-26-30/h7-26H,1-6H3. The molecule has 0 aliphatic heterocycles. The van der Waals surface area contributed by atoms with Gasteiger partial charge < -0.3 is 4.12 Å². The molecule has 0 atom stereocenters. The van der Waals surface area contributed by atoms with Crippen molar-refractivity contribution < 1.29 is 4.12 Å². The first-order valence-corrected chi connectivity index (χ1v) is 25.4. The smallest absolute Gasteiger partial charge is 0.170 e. The molecule has 0 heterocycles. The molecule has 4 aromatic carbocycles. The van der Waals surface area contributed by atoms with Crippen molar-refractivity contribution in [2.75, 3.05) is 0 Å². The van der Waals surface area contributed by atoms with Gasteiger partial charge >= 0.3 is 0 Å². The van der Waals surface area contributed by atoms with E-state index >= 15 is 0 Å². The van der Waals surface area contributed by atoms with Gasteiger partial charge in [-0.05, 0) is 26.2 Å². The molecule has 0 radical (unpaired) electrons. The van der Waals surface area contributed by atoms with E-state index in [2.05, 4.69) is 161 Å². The zero-order valence-electron chi connectivity index (χ0n) is 22.0. The van der Waals surface area contributed by atoms with Gasteiger partial charge in [0, 0.05) is 0 Å². The van der Waals surface area contributed by atoms with Gasteiger partial charge in [0.2, 0.25) is 0 Å². The average molecular weight is 527 g/mol. The molecular formula is C30H38OSi4. The van der Waals surface area contributed by atoms with Crippen LogP contribution < -0.4 is 20.7 Å². The molecule has 0 fully saturated rings. The summed E-state index contributed by atoms with van der Waals surface area (Å²) in [5.74, 6) is 0. The fourth-order valence-electron chi connectivity index (χ4n) is 5.65. The minimum atomic E-state index is -2.21. The maximum Gasteiger partial charge on any atom is 0.170 e. The Hall–Kier alpha value is -2.29. The van der Waals surface area contributed by atoms with Gasteiger partial charge in [0.25, 0.3) is 0 Å². The summed E-state index contributed by atoms with van der Waals surface area (Å²) in [5.41, 5.74) is 0. The Morgan fingerprint density at radius 3 is 0.743 bits per heavy atom. The average Bonchev–Trinajstić information content (AvgIpc) is 2.89. The first-order chi connectivity index (χ1) is 16.6. The summed E-state index contributed by atoms with van der Waals surface area (Å²) < 4.78 is 7.77. The topological polar surface area (TPSA) is 9.23 Å². The highest BCUT2D eigenvalue weighted by atomic mass is 29.3.